The molecule has 1 atom stereocenters. The summed E-state index contributed by atoms with van der Waals surface area (Å²) in [5.41, 5.74) is 5.34. The number of halogens is 4. The van der Waals surface area contributed by atoms with Crippen molar-refractivity contribution in [1.82, 2.24) is 4.90 Å². The second kappa shape index (κ2) is 11.4. The lowest BCUT2D eigenvalue weighted by molar-refractivity contribution is -0.125. The van der Waals surface area contributed by atoms with Crippen molar-refractivity contribution < 1.29 is 31.9 Å². The molecule has 0 unspecified atom stereocenters. The zero-order valence-corrected chi connectivity index (χ0v) is 17.5. The Morgan fingerprint density at radius 2 is 1.97 bits per heavy atom. The van der Waals surface area contributed by atoms with Gasteiger partial charge in [0.1, 0.15) is 12.6 Å². The van der Waals surface area contributed by atoms with Crippen LogP contribution in [0.4, 0.5) is 28.9 Å². The van der Waals surface area contributed by atoms with Crippen molar-refractivity contribution in [3.63, 3.8) is 0 Å². The number of ether oxygens (including phenoxy) is 1. The number of morpholine rings is 1. The SMILES string of the molecule is CC(C)CN(CC(F)F)[C@@H](CN)C(=O)Nc1ccc(N2CCOCC2=O)c(C(F)F)c1. The van der Waals surface area contributed by atoms with E-state index in [-0.39, 0.29) is 50.1 Å². The molecule has 1 heterocycles. The first-order chi connectivity index (χ1) is 14.6. The fourth-order valence-corrected chi connectivity index (χ4v) is 3.45. The third kappa shape index (κ3) is 6.88. The summed E-state index contributed by atoms with van der Waals surface area (Å²) in [5.74, 6) is -1.10. The highest BCUT2D eigenvalue weighted by molar-refractivity contribution is 5.97. The zero-order chi connectivity index (χ0) is 23.1. The van der Waals surface area contributed by atoms with E-state index in [2.05, 4.69) is 5.32 Å². The minimum atomic E-state index is -2.90. The number of anilines is 2. The highest BCUT2D eigenvalue weighted by Gasteiger charge is 2.29. The zero-order valence-electron chi connectivity index (χ0n) is 17.5. The van der Waals surface area contributed by atoms with Crippen LogP contribution in [-0.2, 0) is 14.3 Å². The summed E-state index contributed by atoms with van der Waals surface area (Å²) in [5, 5.41) is 2.49. The lowest BCUT2D eigenvalue weighted by Gasteiger charge is -2.31. The molecule has 174 valence electrons. The van der Waals surface area contributed by atoms with Crippen LogP contribution in [0.2, 0.25) is 0 Å². The van der Waals surface area contributed by atoms with Crippen LogP contribution in [0.25, 0.3) is 0 Å². The fourth-order valence-electron chi connectivity index (χ4n) is 3.45. The molecule has 7 nitrogen and oxygen atoms in total. The Morgan fingerprint density at radius 1 is 1.26 bits per heavy atom. The van der Waals surface area contributed by atoms with Gasteiger partial charge >= 0.3 is 0 Å². The van der Waals surface area contributed by atoms with E-state index in [0.29, 0.717) is 0 Å². The molecule has 1 aliphatic heterocycles. The number of benzene rings is 1. The van der Waals surface area contributed by atoms with E-state index in [1.165, 1.54) is 21.9 Å². The number of nitrogens with one attached hydrogen (secondary N) is 1. The first kappa shape index (κ1) is 25.0. The van der Waals surface area contributed by atoms with Gasteiger partial charge in [0.05, 0.1) is 18.8 Å². The Kier molecular flexibility index (Phi) is 9.20. The molecule has 0 saturated carbocycles. The third-order valence-corrected chi connectivity index (χ3v) is 4.75. The topological polar surface area (TPSA) is 87.9 Å². The van der Waals surface area contributed by atoms with Crippen molar-refractivity contribution in [2.75, 3.05) is 49.6 Å². The minimum Gasteiger partial charge on any atom is -0.370 e. The van der Waals surface area contributed by atoms with Gasteiger partial charge in [-0.1, -0.05) is 13.8 Å². The summed E-state index contributed by atoms with van der Waals surface area (Å²) < 4.78 is 58.3. The molecule has 1 aromatic carbocycles. The van der Waals surface area contributed by atoms with Crippen molar-refractivity contribution >= 4 is 23.2 Å². The van der Waals surface area contributed by atoms with Gasteiger partial charge in [0.25, 0.3) is 18.8 Å². The monoisotopic (exact) mass is 448 g/mol. The maximum Gasteiger partial charge on any atom is 0.265 e. The number of carbonyl (C=O) groups excluding carboxylic acids is 2. The molecule has 1 fully saturated rings. The number of hydrogen-bond donors (Lipinski definition) is 2. The highest BCUT2D eigenvalue weighted by Crippen LogP contribution is 2.33. The Bertz CT molecular complexity index is 754. The lowest BCUT2D eigenvalue weighted by Crippen LogP contribution is -2.51. The van der Waals surface area contributed by atoms with Crippen molar-refractivity contribution in [3.05, 3.63) is 23.8 Å². The molecule has 0 aliphatic carbocycles. The largest absolute Gasteiger partial charge is 0.370 e. The van der Waals surface area contributed by atoms with Crippen LogP contribution in [-0.4, -0.2) is 68.6 Å². The molecule has 0 radical (unpaired) electrons. The summed E-state index contributed by atoms with van der Waals surface area (Å²) in [4.78, 5) is 27.2. The van der Waals surface area contributed by atoms with Crippen LogP contribution in [0.5, 0.6) is 0 Å². The van der Waals surface area contributed by atoms with Gasteiger partial charge in [-0.3, -0.25) is 14.5 Å². The van der Waals surface area contributed by atoms with Gasteiger partial charge in [0.2, 0.25) is 5.91 Å². The van der Waals surface area contributed by atoms with E-state index in [4.69, 9.17) is 10.5 Å². The van der Waals surface area contributed by atoms with Crippen LogP contribution in [0, 0.1) is 5.92 Å². The molecule has 2 amide bonds. The van der Waals surface area contributed by atoms with E-state index < -0.39 is 42.8 Å². The summed E-state index contributed by atoms with van der Waals surface area (Å²) >= 11 is 0. The second-order valence-electron chi connectivity index (χ2n) is 7.65. The van der Waals surface area contributed by atoms with Gasteiger partial charge in [0, 0.05) is 30.9 Å². The average Bonchev–Trinajstić information content (AvgIpc) is 2.68. The van der Waals surface area contributed by atoms with E-state index in [1.807, 2.05) is 13.8 Å². The van der Waals surface area contributed by atoms with Crippen molar-refractivity contribution in [3.8, 4) is 0 Å². The Morgan fingerprint density at radius 3 is 2.52 bits per heavy atom. The molecule has 3 N–H and O–H groups in total. The Hall–Kier alpha value is -2.24. The Labute approximate surface area is 178 Å². The minimum absolute atomic E-state index is 0.0105. The molecular weight excluding hydrogens is 420 g/mol. The summed E-state index contributed by atoms with van der Waals surface area (Å²) in [6.45, 7) is 3.18. The standard InChI is InChI=1S/C20H28F4N4O3/c1-12(2)9-27(10-17(21)22)16(8-25)20(30)26-13-3-4-15(14(7-13)19(23)24)28-5-6-31-11-18(28)29/h3-4,7,12,16-17,19H,5-6,8-11,25H2,1-2H3,(H,26,30)/t16-/m0/s1. The Balaban J connectivity index is 2.24. The van der Waals surface area contributed by atoms with Crippen LogP contribution in [0.15, 0.2) is 18.2 Å². The number of rotatable bonds is 10. The number of alkyl halides is 4. The molecular formula is C20H28F4N4O3. The van der Waals surface area contributed by atoms with E-state index in [9.17, 15) is 27.2 Å². The molecule has 2 rings (SSSR count). The molecule has 1 aromatic rings. The lowest BCUT2D eigenvalue weighted by atomic mass is 10.1. The predicted octanol–water partition coefficient (Wildman–Crippen LogP) is 2.48. The first-order valence-corrected chi connectivity index (χ1v) is 9.97. The summed E-state index contributed by atoms with van der Waals surface area (Å²) in [7, 11) is 0. The van der Waals surface area contributed by atoms with Crippen LogP contribution < -0.4 is 16.0 Å². The second-order valence-corrected chi connectivity index (χ2v) is 7.65. The number of amides is 2. The number of nitrogens with two attached hydrogens (primary N) is 1. The van der Waals surface area contributed by atoms with Gasteiger partial charge in [0.15, 0.2) is 0 Å². The normalized spacial score (nSPS) is 16.0. The van der Waals surface area contributed by atoms with Gasteiger partial charge in [-0.05, 0) is 24.1 Å². The fraction of sp³-hybridized carbons (Fsp3) is 0.600. The molecule has 0 spiro atoms. The van der Waals surface area contributed by atoms with Crippen molar-refractivity contribution in [1.29, 1.82) is 0 Å². The number of hydrogen-bond acceptors (Lipinski definition) is 5. The van der Waals surface area contributed by atoms with Crippen molar-refractivity contribution in [2.45, 2.75) is 32.7 Å². The maximum absolute atomic E-state index is 13.7. The predicted molar refractivity (Wildman–Crippen MR) is 108 cm³/mol. The van der Waals surface area contributed by atoms with Crippen LogP contribution in [0.3, 0.4) is 0 Å². The number of nitrogens with zero attached hydrogens (tertiary/aromatic N) is 2. The highest BCUT2D eigenvalue weighted by atomic mass is 19.3. The molecule has 1 aliphatic rings. The van der Waals surface area contributed by atoms with Crippen LogP contribution in [0.1, 0.15) is 25.8 Å². The smallest absolute Gasteiger partial charge is 0.265 e. The van der Waals surface area contributed by atoms with E-state index >= 15 is 0 Å². The van der Waals surface area contributed by atoms with E-state index in [0.717, 1.165) is 6.07 Å². The molecule has 31 heavy (non-hydrogen) atoms. The molecule has 0 aromatic heterocycles. The number of carbonyl (C=O) groups is 2. The van der Waals surface area contributed by atoms with Crippen LogP contribution >= 0.6 is 0 Å². The van der Waals surface area contributed by atoms with Crippen molar-refractivity contribution in [2.24, 2.45) is 11.7 Å². The molecule has 1 saturated heterocycles. The van der Waals surface area contributed by atoms with Gasteiger partial charge in [-0.25, -0.2) is 17.6 Å². The molecule has 0 bridgehead atoms. The molecule has 11 heteroatoms. The summed E-state index contributed by atoms with van der Waals surface area (Å²) in [6.07, 6.45) is -5.56. The summed E-state index contributed by atoms with van der Waals surface area (Å²) in [6, 6.07) is 2.73. The first-order valence-electron chi connectivity index (χ1n) is 9.97. The van der Waals surface area contributed by atoms with E-state index in [1.54, 1.807) is 0 Å². The van der Waals surface area contributed by atoms with Gasteiger partial charge < -0.3 is 20.7 Å². The third-order valence-electron chi connectivity index (χ3n) is 4.75. The maximum atomic E-state index is 13.7. The van der Waals surface area contributed by atoms with Gasteiger partial charge in [-0.15, -0.1) is 0 Å². The average molecular weight is 448 g/mol. The van der Waals surface area contributed by atoms with Gasteiger partial charge in [-0.2, -0.15) is 0 Å². The quantitative estimate of drug-likeness (QED) is 0.537.